The number of amides is 1. The molecule has 21 heavy (non-hydrogen) atoms. The highest BCUT2D eigenvalue weighted by atomic mass is 16.6. The summed E-state index contributed by atoms with van der Waals surface area (Å²) in [7, 11) is 1.53. The zero-order valence-corrected chi connectivity index (χ0v) is 11.4. The fraction of sp³-hybridized carbons (Fsp3) is 0.500. The van der Waals surface area contributed by atoms with Crippen LogP contribution < -0.4 is 0 Å². The molecule has 1 amide bonds. The van der Waals surface area contributed by atoms with Gasteiger partial charge in [-0.3, -0.25) is 19.7 Å². The normalized spacial score (nSPS) is 18.5. The van der Waals surface area contributed by atoms with Crippen LogP contribution in [0.15, 0.2) is 12.3 Å². The molecule has 0 bridgehead atoms. The van der Waals surface area contributed by atoms with Gasteiger partial charge in [-0.1, -0.05) is 0 Å². The molecule has 1 N–H and O–H groups in total. The number of carbonyl (C=O) groups is 2. The van der Waals surface area contributed by atoms with Gasteiger partial charge in [-0.15, -0.1) is 0 Å². The molecular formula is C12H15N3O6. The molecule has 9 heteroatoms. The number of nitrogens with zero attached hydrogens (tertiary/aromatic N) is 3. The molecule has 114 valence electrons. The first kappa shape index (κ1) is 15.0. The van der Waals surface area contributed by atoms with Crippen LogP contribution in [0.2, 0.25) is 0 Å². The number of carbonyl (C=O) groups excluding carboxylic acids is 1. The maximum atomic E-state index is 12.5. The van der Waals surface area contributed by atoms with Gasteiger partial charge in [-0.05, 0) is 0 Å². The second kappa shape index (κ2) is 5.92. The Labute approximate surface area is 119 Å². The Morgan fingerprint density at radius 3 is 2.86 bits per heavy atom. The van der Waals surface area contributed by atoms with Crippen molar-refractivity contribution < 1.29 is 24.4 Å². The molecule has 0 radical (unpaired) electrons. The topological polar surface area (TPSA) is 115 Å². The number of ether oxygens (including phenoxy) is 1. The molecule has 1 fully saturated rings. The minimum atomic E-state index is -1.03. The van der Waals surface area contributed by atoms with Gasteiger partial charge in [0.1, 0.15) is 5.69 Å². The average Bonchev–Trinajstić information content (AvgIpc) is 2.80. The third-order valence-corrected chi connectivity index (χ3v) is 3.32. The summed E-state index contributed by atoms with van der Waals surface area (Å²) in [6, 6.07) is 0.619. The van der Waals surface area contributed by atoms with Crippen molar-refractivity contribution in [1.82, 2.24) is 9.47 Å². The molecule has 1 aliphatic rings. The van der Waals surface area contributed by atoms with Gasteiger partial charge < -0.3 is 19.3 Å². The summed E-state index contributed by atoms with van der Waals surface area (Å²) in [6.45, 7) is 0.717. The molecule has 0 aromatic carbocycles. The highest BCUT2D eigenvalue weighted by Crippen LogP contribution is 2.20. The van der Waals surface area contributed by atoms with Crippen LogP contribution in [0.3, 0.4) is 0 Å². The Balaban J connectivity index is 2.24. The Hall–Kier alpha value is -2.42. The van der Waals surface area contributed by atoms with E-state index in [9.17, 15) is 19.7 Å². The Morgan fingerprint density at radius 1 is 1.57 bits per heavy atom. The highest BCUT2D eigenvalue weighted by Gasteiger charge is 2.31. The van der Waals surface area contributed by atoms with Crippen molar-refractivity contribution in [3.63, 3.8) is 0 Å². The third kappa shape index (κ3) is 3.19. The van der Waals surface area contributed by atoms with Crippen LogP contribution >= 0.6 is 0 Å². The van der Waals surface area contributed by atoms with Crippen LogP contribution in [0.5, 0.6) is 0 Å². The lowest BCUT2D eigenvalue weighted by Gasteiger charge is -2.34. The molecule has 1 atom stereocenters. The average molecular weight is 297 g/mol. The van der Waals surface area contributed by atoms with E-state index in [0.717, 1.165) is 0 Å². The van der Waals surface area contributed by atoms with E-state index >= 15 is 0 Å². The molecule has 1 aromatic rings. The number of aliphatic carboxylic acids is 1. The van der Waals surface area contributed by atoms with Crippen molar-refractivity contribution in [1.29, 1.82) is 0 Å². The first-order valence-electron chi connectivity index (χ1n) is 6.31. The quantitative estimate of drug-likeness (QED) is 0.629. The van der Waals surface area contributed by atoms with Crippen molar-refractivity contribution in [2.45, 2.75) is 12.5 Å². The van der Waals surface area contributed by atoms with E-state index in [1.54, 1.807) is 0 Å². The van der Waals surface area contributed by atoms with Crippen LogP contribution in [0, 0.1) is 10.1 Å². The van der Waals surface area contributed by atoms with Gasteiger partial charge >= 0.3 is 5.97 Å². The number of carboxylic acid groups (broad SMARTS) is 1. The molecule has 2 rings (SSSR count). The Kier molecular flexibility index (Phi) is 4.22. The summed E-state index contributed by atoms with van der Waals surface area (Å²) in [6.07, 6.45) is 1.03. The number of hydrogen-bond acceptors (Lipinski definition) is 5. The largest absolute Gasteiger partial charge is 0.481 e. The van der Waals surface area contributed by atoms with Crippen LogP contribution in [0.1, 0.15) is 16.9 Å². The predicted molar refractivity (Wildman–Crippen MR) is 70.0 cm³/mol. The summed E-state index contributed by atoms with van der Waals surface area (Å²) in [5, 5.41) is 19.6. The number of carboxylic acids is 1. The Bertz CT molecular complexity index is 582. The van der Waals surface area contributed by atoms with Crippen molar-refractivity contribution >= 4 is 17.6 Å². The highest BCUT2D eigenvalue weighted by molar-refractivity contribution is 5.94. The lowest BCUT2D eigenvalue weighted by molar-refractivity contribution is -0.384. The van der Waals surface area contributed by atoms with Crippen molar-refractivity contribution in [2.24, 2.45) is 7.05 Å². The van der Waals surface area contributed by atoms with E-state index in [4.69, 9.17) is 9.84 Å². The lowest BCUT2D eigenvalue weighted by atomic mass is 10.1. The summed E-state index contributed by atoms with van der Waals surface area (Å²) in [5.41, 5.74) is -0.0251. The molecule has 2 heterocycles. The summed E-state index contributed by atoms with van der Waals surface area (Å²) in [5.74, 6) is -1.46. The maximum Gasteiger partial charge on any atom is 0.305 e. The van der Waals surface area contributed by atoms with E-state index in [1.165, 1.54) is 28.8 Å². The molecule has 1 aliphatic heterocycles. The van der Waals surface area contributed by atoms with Crippen molar-refractivity contribution in [3.05, 3.63) is 28.1 Å². The third-order valence-electron chi connectivity index (χ3n) is 3.32. The van der Waals surface area contributed by atoms with Gasteiger partial charge in [0.05, 0.1) is 36.8 Å². The number of rotatable bonds is 4. The van der Waals surface area contributed by atoms with Gasteiger partial charge in [0.15, 0.2) is 0 Å². The summed E-state index contributed by atoms with van der Waals surface area (Å²) in [4.78, 5) is 34.9. The minimum Gasteiger partial charge on any atom is -0.481 e. The molecule has 0 saturated carbocycles. The van der Waals surface area contributed by atoms with Crippen molar-refractivity contribution in [2.75, 3.05) is 19.8 Å². The fourth-order valence-corrected chi connectivity index (χ4v) is 2.30. The molecule has 0 spiro atoms. The van der Waals surface area contributed by atoms with Crippen molar-refractivity contribution in [3.8, 4) is 0 Å². The van der Waals surface area contributed by atoms with Crippen LogP contribution in [-0.2, 0) is 16.6 Å². The lowest BCUT2D eigenvalue weighted by Crippen LogP contribution is -2.49. The summed E-state index contributed by atoms with van der Waals surface area (Å²) < 4.78 is 6.57. The molecule has 1 saturated heterocycles. The second-order valence-electron chi connectivity index (χ2n) is 4.78. The van der Waals surface area contributed by atoms with Crippen LogP contribution in [-0.4, -0.2) is 57.2 Å². The number of morpholine rings is 1. The monoisotopic (exact) mass is 297 g/mol. The number of aromatic nitrogens is 1. The Morgan fingerprint density at radius 2 is 2.29 bits per heavy atom. The first-order chi connectivity index (χ1) is 9.90. The van der Waals surface area contributed by atoms with E-state index < -0.39 is 22.8 Å². The SMILES string of the molecule is Cn1cc([N+](=O)[O-])cc1C(=O)N1CCOCC1CC(=O)O. The van der Waals surface area contributed by atoms with Crippen LogP contribution in [0.4, 0.5) is 5.69 Å². The molecule has 0 aliphatic carbocycles. The van der Waals surface area contributed by atoms with E-state index in [2.05, 4.69) is 0 Å². The smallest absolute Gasteiger partial charge is 0.305 e. The molecule has 9 nitrogen and oxygen atoms in total. The molecule has 1 aromatic heterocycles. The van der Waals surface area contributed by atoms with E-state index in [1.807, 2.05) is 0 Å². The predicted octanol–water partition coefficient (Wildman–Crippen LogP) is 0.249. The van der Waals surface area contributed by atoms with Crippen LogP contribution in [0.25, 0.3) is 0 Å². The number of aryl methyl sites for hydroxylation is 1. The van der Waals surface area contributed by atoms with E-state index in [0.29, 0.717) is 6.61 Å². The first-order valence-corrected chi connectivity index (χ1v) is 6.31. The standard InChI is InChI=1S/C12H15N3O6/c1-13-6-8(15(19)20)4-10(13)12(18)14-2-3-21-7-9(14)5-11(16)17/h4,6,9H,2-3,5,7H2,1H3,(H,16,17). The van der Waals surface area contributed by atoms with Gasteiger partial charge in [0, 0.05) is 19.7 Å². The maximum absolute atomic E-state index is 12.5. The number of hydrogen-bond donors (Lipinski definition) is 1. The van der Waals surface area contributed by atoms with Gasteiger partial charge in [0.25, 0.3) is 11.6 Å². The van der Waals surface area contributed by atoms with Gasteiger partial charge in [-0.2, -0.15) is 0 Å². The second-order valence-corrected chi connectivity index (χ2v) is 4.78. The molecule has 1 unspecified atom stereocenters. The summed E-state index contributed by atoms with van der Waals surface area (Å²) >= 11 is 0. The molecular weight excluding hydrogens is 282 g/mol. The minimum absolute atomic E-state index is 0.143. The zero-order valence-electron chi connectivity index (χ0n) is 11.4. The van der Waals surface area contributed by atoms with Gasteiger partial charge in [-0.25, -0.2) is 0 Å². The fourth-order valence-electron chi connectivity index (χ4n) is 2.30. The number of nitro groups is 1. The van der Waals surface area contributed by atoms with Gasteiger partial charge in [0.2, 0.25) is 0 Å². The zero-order chi connectivity index (χ0) is 15.6. The van der Waals surface area contributed by atoms with E-state index in [-0.39, 0.29) is 31.0 Å².